The lowest BCUT2D eigenvalue weighted by Gasteiger charge is -2.39. The van der Waals surface area contributed by atoms with Gasteiger partial charge in [0.1, 0.15) is 11.6 Å². The summed E-state index contributed by atoms with van der Waals surface area (Å²) in [7, 11) is 1.63. The molecule has 1 aromatic carbocycles. The molecule has 3 rings (SSSR count). The first-order valence-electron chi connectivity index (χ1n) is 8.98. The Hall–Kier alpha value is -2.15. The van der Waals surface area contributed by atoms with Crippen LogP contribution in [-0.2, 0) is 14.3 Å². The van der Waals surface area contributed by atoms with Crippen LogP contribution in [0.4, 0.5) is 4.39 Å². The topological polar surface area (TPSA) is 59.1 Å². The third-order valence-corrected chi connectivity index (χ3v) is 5.27. The summed E-state index contributed by atoms with van der Waals surface area (Å²) in [5.41, 5.74) is -0.461. The lowest BCUT2D eigenvalue weighted by molar-refractivity contribution is -0.147. The van der Waals surface area contributed by atoms with Crippen molar-refractivity contribution in [2.24, 2.45) is 5.41 Å². The summed E-state index contributed by atoms with van der Waals surface area (Å²) < 4.78 is 23.4. The molecule has 26 heavy (non-hydrogen) atoms. The number of hydrogen-bond donors (Lipinski definition) is 0. The second-order valence-corrected chi connectivity index (χ2v) is 6.98. The number of ether oxygens (including phenoxy) is 2. The Balaban J connectivity index is 1.55. The molecule has 6 nitrogen and oxygen atoms in total. The molecule has 2 heterocycles. The van der Waals surface area contributed by atoms with E-state index in [1.165, 1.54) is 24.3 Å². The Kier molecular flexibility index (Phi) is 5.76. The maximum absolute atomic E-state index is 12.9. The molecule has 1 aromatic rings. The van der Waals surface area contributed by atoms with Crippen LogP contribution in [0.2, 0.25) is 0 Å². The van der Waals surface area contributed by atoms with Gasteiger partial charge in [0.05, 0.1) is 12.0 Å². The van der Waals surface area contributed by atoms with Gasteiger partial charge in [-0.1, -0.05) is 0 Å². The molecule has 0 saturated carbocycles. The van der Waals surface area contributed by atoms with Crippen LogP contribution in [-0.4, -0.2) is 68.1 Å². The molecule has 2 amide bonds. The van der Waals surface area contributed by atoms with Crippen LogP contribution in [0.25, 0.3) is 0 Å². The first-order chi connectivity index (χ1) is 12.5. The van der Waals surface area contributed by atoms with Crippen LogP contribution in [0, 0.1) is 11.2 Å². The molecular weight excluding hydrogens is 339 g/mol. The molecule has 0 bridgehead atoms. The van der Waals surface area contributed by atoms with Gasteiger partial charge in [-0.25, -0.2) is 4.39 Å². The monoisotopic (exact) mass is 364 g/mol. The minimum atomic E-state index is -0.461. The summed E-state index contributed by atoms with van der Waals surface area (Å²) in [6.45, 7) is 2.78. The van der Waals surface area contributed by atoms with Crippen molar-refractivity contribution in [3.8, 4) is 5.75 Å². The predicted molar refractivity (Wildman–Crippen MR) is 93.2 cm³/mol. The Morgan fingerprint density at radius 1 is 1.23 bits per heavy atom. The fraction of sp³-hybridized carbons (Fsp3) is 0.579. The SMILES string of the molecule is COCCN1CCCC2(CCN(C(=O)COc3ccc(F)cc3)C2)C1=O. The van der Waals surface area contributed by atoms with E-state index in [-0.39, 0.29) is 24.2 Å². The number of rotatable bonds is 6. The van der Waals surface area contributed by atoms with Gasteiger partial charge >= 0.3 is 0 Å². The van der Waals surface area contributed by atoms with E-state index in [9.17, 15) is 14.0 Å². The second kappa shape index (κ2) is 8.03. The third kappa shape index (κ3) is 3.98. The van der Waals surface area contributed by atoms with Gasteiger partial charge in [0.15, 0.2) is 6.61 Å². The number of benzene rings is 1. The molecule has 1 unspecified atom stereocenters. The Bertz CT molecular complexity index is 651. The zero-order valence-electron chi connectivity index (χ0n) is 15.1. The summed E-state index contributed by atoms with van der Waals surface area (Å²) in [5, 5.41) is 0. The van der Waals surface area contributed by atoms with Gasteiger partial charge < -0.3 is 19.3 Å². The van der Waals surface area contributed by atoms with Gasteiger partial charge in [-0.2, -0.15) is 0 Å². The van der Waals surface area contributed by atoms with E-state index >= 15 is 0 Å². The van der Waals surface area contributed by atoms with Gasteiger partial charge in [-0.3, -0.25) is 9.59 Å². The normalized spacial score (nSPS) is 22.9. The van der Waals surface area contributed by atoms with Crippen LogP contribution < -0.4 is 4.74 Å². The molecule has 1 atom stereocenters. The lowest BCUT2D eigenvalue weighted by atomic mass is 9.78. The van der Waals surface area contributed by atoms with Crippen LogP contribution in [0.3, 0.4) is 0 Å². The van der Waals surface area contributed by atoms with Gasteiger partial charge in [-0.05, 0) is 43.5 Å². The van der Waals surface area contributed by atoms with Crippen molar-refractivity contribution in [3.63, 3.8) is 0 Å². The highest BCUT2D eigenvalue weighted by Gasteiger charge is 2.49. The lowest BCUT2D eigenvalue weighted by Crippen LogP contribution is -2.51. The molecular formula is C19H25FN2O4. The Labute approximate surface area is 152 Å². The molecule has 2 saturated heterocycles. The fourth-order valence-electron chi connectivity index (χ4n) is 3.80. The second-order valence-electron chi connectivity index (χ2n) is 6.98. The number of carbonyl (C=O) groups is 2. The first-order valence-corrected chi connectivity index (χ1v) is 8.98. The Morgan fingerprint density at radius 3 is 2.73 bits per heavy atom. The summed E-state index contributed by atoms with van der Waals surface area (Å²) in [6, 6.07) is 5.57. The van der Waals surface area contributed by atoms with Crippen LogP contribution in [0.1, 0.15) is 19.3 Å². The van der Waals surface area contributed by atoms with E-state index in [2.05, 4.69) is 0 Å². The summed E-state index contributed by atoms with van der Waals surface area (Å²) in [6.07, 6.45) is 2.46. The number of amides is 2. The molecule has 142 valence electrons. The molecule has 0 aromatic heterocycles. The summed E-state index contributed by atoms with van der Waals surface area (Å²) in [5.74, 6) is 0.0933. The van der Waals surface area contributed by atoms with E-state index in [1.54, 1.807) is 12.0 Å². The molecule has 2 fully saturated rings. The average Bonchev–Trinajstić information content (AvgIpc) is 3.07. The third-order valence-electron chi connectivity index (χ3n) is 5.27. The van der Waals surface area contributed by atoms with Crippen molar-refractivity contribution in [3.05, 3.63) is 30.1 Å². The zero-order valence-corrected chi connectivity index (χ0v) is 15.1. The number of carbonyl (C=O) groups excluding carboxylic acids is 2. The predicted octanol–water partition coefficient (Wildman–Crippen LogP) is 1.69. The highest BCUT2D eigenvalue weighted by molar-refractivity contribution is 5.86. The Morgan fingerprint density at radius 2 is 2.00 bits per heavy atom. The van der Waals surface area contributed by atoms with Crippen LogP contribution in [0.5, 0.6) is 5.75 Å². The van der Waals surface area contributed by atoms with E-state index in [0.29, 0.717) is 38.4 Å². The first kappa shape index (κ1) is 18.6. The standard InChI is InChI=1S/C19H25FN2O4/c1-25-12-11-21-9-2-7-19(18(21)24)8-10-22(14-19)17(23)13-26-16-5-3-15(20)4-6-16/h3-6H,2,7-14H2,1H3. The van der Waals surface area contributed by atoms with Crippen LogP contribution >= 0.6 is 0 Å². The maximum atomic E-state index is 12.9. The molecule has 1 spiro atoms. The van der Waals surface area contributed by atoms with E-state index in [4.69, 9.17) is 9.47 Å². The van der Waals surface area contributed by atoms with Crippen molar-refractivity contribution in [2.45, 2.75) is 19.3 Å². The molecule has 0 N–H and O–H groups in total. The number of likely N-dealkylation sites (tertiary alicyclic amines) is 2. The number of halogens is 1. The van der Waals surface area contributed by atoms with Crippen molar-refractivity contribution >= 4 is 11.8 Å². The zero-order chi connectivity index (χ0) is 18.6. The fourth-order valence-corrected chi connectivity index (χ4v) is 3.80. The largest absolute Gasteiger partial charge is 0.484 e. The van der Waals surface area contributed by atoms with Gasteiger partial charge in [0.25, 0.3) is 5.91 Å². The molecule has 0 radical (unpaired) electrons. The maximum Gasteiger partial charge on any atom is 0.260 e. The van der Waals surface area contributed by atoms with Crippen molar-refractivity contribution in [1.82, 2.24) is 9.80 Å². The number of hydrogen-bond acceptors (Lipinski definition) is 4. The average molecular weight is 364 g/mol. The minimum absolute atomic E-state index is 0.108. The summed E-state index contributed by atoms with van der Waals surface area (Å²) in [4.78, 5) is 28.9. The van der Waals surface area contributed by atoms with E-state index in [0.717, 1.165) is 19.4 Å². The minimum Gasteiger partial charge on any atom is -0.484 e. The summed E-state index contributed by atoms with van der Waals surface area (Å²) >= 11 is 0. The molecule has 2 aliphatic heterocycles. The number of piperidine rings is 1. The quantitative estimate of drug-likeness (QED) is 0.771. The van der Waals surface area contributed by atoms with Crippen molar-refractivity contribution < 1.29 is 23.5 Å². The van der Waals surface area contributed by atoms with Crippen molar-refractivity contribution in [1.29, 1.82) is 0 Å². The van der Waals surface area contributed by atoms with Gasteiger partial charge in [0, 0.05) is 33.3 Å². The smallest absolute Gasteiger partial charge is 0.260 e. The number of nitrogens with zero attached hydrogens (tertiary/aromatic N) is 2. The van der Waals surface area contributed by atoms with Crippen molar-refractivity contribution in [2.75, 3.05) is 46.5 Å². The number of methoxy groups -OCH3 is 1. The molecule has 0 aliphatic carbocycles. The van der Waals surface area contributed by atoms with E-state index < -0.39 is 5.41 Å². The highest BCUT2D eigenvalue weighted by atomic mass is 19.1. The van der Waals surface area contributed by atoms with Gasteiger partial charge in [0.2, 0.25) is 5.91 Å². The molecule has 2 aliphatic rings. The van der Waals surface area contributed by atoms with Crippen LogP contribution in [0.15, 0.2) is 24.3 Å². The highest BCUT2D eigenvalue weighted by Crippen LogP contribution is 2.40. The van der Waals surface area contributed by atoms with E-state index in [1.807, 2.05) is 4.90 Å². The van der Waals surface area contributed by atoms with Gasteiger partial charge in [-0.15, -0.1) is 0 Å². The molecule has 7 heteroatoms.